The van der Waals surface area contributed by atoms with E-state index in [0.29, 0.717) is 13.1 Å². The van der Waals surface area contributed by atoms with Crippen LogP contribution in [0.15, 0.2) is 36.5 Å². The van der Waals surface area contributed by atoms with Crippen molar-refractivity contribution in [1.82, 2.24) is 25.4 Å². The highest BCUT2D eigenvalue weighted by Crippen LogP contribution is 2.15. The van der Waals surface area contributed by atoms with Crippen LogP contribution in [0.3, 0.4) is 0 Å². The highest BCUT2D eigenvalue weighted by atomic mass is 32.1. The van der Waals surface area contributed by atoms with Gasteiger partial charge in [0.25, 0.3) is 0 Å². The lowest BCUT2D eigenvalue weighted by molar-refractivity contribution is 0.240. The van der Waals surface area contributed by atoms with Crippen molar-refractivity contribution >= 4 is 17.4 Å². The molecule has 0 aliphatic carbocycles. The number of thiazole rings is 1. The van der Waals surface area contributed by atoms with Crippen LogP contribution in [0.5, 0.6) is 0 Å². The van der Waals surface area contributed by atoms with Gasteiger partial charge in [0.1, 0.15) is 0 Å². The van der Waals surface area contributed by atoms with Crippen LogP contribution in [0.2, 0.25) is 0 Å². The number of carbonyl (C=O) groups excluding carboxylic acids is 1. The fraction of sp³-hybridized carbons (Fsp3) is 0.316. The Morgan fingerprint density at radius 1 is 1.12 bits per heavy atom. The molecule has 0 unspecified atom stereocenters. The average Bonchev–Trinajstić information content (AvgIpc) is 3.16. The Balaban J connectivity index is 1.56. The van der Waals surface area contributed by atoms with E-state index in [9.17, 15) is 4.79 Å². The number of nitrogens with one attached hydrogen (secondary N) is 2. The smallest absolute Gasteiger partial charge is 0.315 e. The van der Waals surface area contributed by atoms with Gasteiger partial charge in [-0.2, -0.15) is 5.10 Å². The summed E-state index contributed by atoms with van der Waals surface area (Å²) in [4.78, 5) is 17.3. The molecule has 3 aromatic rings. The minimum Gasteiger partial charge on any atom is -0.334 e. The summed E-state index contributed by atoms with van der Waals surface area (Å²) in [5.74, 6) is 0. The standard InChI is InChI=1S/C19H23N5OS/c1-13-18(11-22-19(25)21-10-17-9-20-15(3)26-17)14(2)24(23-13)12-16-7-5-4-6-8-16/h4-9H,10-12H2,1-3H3,(H2,21,22,25). The molecule has 0 fully saturated rings. The fourth-order valence-corrected chi connectivity index (χ4v) is 3.52. The first kappa shape index (κ1) is 18.1. The Morgan fingerprint density at radius 3 is 2.54 bits per heavy atom. The van der Waals surface area contributed by atoms with E-state index in [1.807, 2.05) is 43.7 Å². The minimum atomic E-state index is -0.189. The zero-order valence-electron chi connectivity index (χ0n) is 15.2. The van der Waals surface area contributed by atoms with E-state index < -0.39 is 0 Å². The fourth-order valence-electron chi connectivity index (χ4n) is 2.79. The number of aryl methyl sites for hydroxylation is 2. The average molecular weight is 369 g/mol. The molecule has 0 bridgehead atoms. The van der Waals surface area contributed by atoms with E-state index >= 15 is 0 Å². The van der Waals surface area contributed by atoms with Crippen LogP contribution >= 0.6 is 11.3 Å². The molecule has 0 saturated carbocycles. The molecule has 2 heterocycles. The predicted octanol–water partition coefficient (Wildman–Crippen LogP) is 3.31. The number of urea groups is 1. The summed E-state index contributed by atoms with van der Waals surface area (Å²) in [6.07, 6.45) is 1.79. The Hall–Kier alpha value is -2.67. The van der Waals surface area contributed by atoms with Gasteiger partial charge in [0.05, 0.1) is 23.8 Å². The number of aromatic nitrogens is 3. The number of carbonyl (C=O) groups is 1. The number of hydrogen-bond acceptors (Lipinski definition) is 4. The van der Waals surface area contributed by atoms with Crippen molar-refractivity contribution in [2.75, 3.05) is 0 Å². The highest BCUT2D eigenvalue weighted by molar-refractivity contribution is 7.11. The third-order valence-electron chi connectivity index (χ3n) is 4.22. The van der Waals surface area contributed by atoms with Crippen molar-refractivity contribution in [3.05, 3.63) is 68.9 Å². The third kappa shape index (κ3) is 4.49. The second-order valence-corrected chi connectivity index (χ2v) is 7.49. The van der Waals surface area contributed by atoms with Crippen molar-refractivity contribution in [3.63, 3.8) is 0 Å². The predicted molar refractivity (Wildman–Crippen MR) is 103 cm³/mol. The lowest BCUT2D eigenvalue weighted by atomic mass is 10.2. The van der Waals surface area contributed by atoms with Crippen molar-refractivity contribution in [1.29, 1.82) is 0 Å². The van der Waals surface area contributed by atoms with Gasteiger partial charge in [0, 0.05) is 28.9 Å². The summed E-state index contributed by atoms with van der Waals surface area (Å²) in [5.41, 5.74) is 4.28. The summed E-state index contributed by atoms with van der Waals surface area (Å²) in [6.45, 7) is 7.64. The van der Waals surface area contributed by atoms with Crippen LogP contribution in [0.1, 0.15) is 32.4 Å². The Labute approximate surface area is 157 Å². The van der Waals surface area contributed by atoms with Crippen molar-refractivity contribution in [2.24, 2.45) is 0 Å². The van der Waals surface area contributed by atoms with E-state index in [1.165, 1.54) is 5.56 Å². The summed E-state index contributed by atoms with van der Waals surface area (Å²) in [7, 11) is 0. The second-order valence-electron chi connectivity index (χ2n) is 6.17. The molecule has 6 nitrogen and oxygen atoms in total. The molecule has 0 saturated heterocycles. The number of rotatable bonds is 6. The van der Waals surface area contributed by atoms with Crippen LogP contribution in [-0.4, -0.2) is 20.8 Å². The number of hydrogen-bond donors (Lipinski definition) is 2. The second kappa shape index (κ2) is 8.14. The molecular weight excluding hydrogens is 346 g/mol. The molecule has 2 N–H and O–H groups in total. The molecule has 1 aromatic carbocycles. The summed E-state index contributed by atoms with van der Waals surface area (Å²) < 4.78 is 1.99. The van der Waals surface area contributed by atoms with Gasteiger partial charge in [-0.1, -0.05) is 30.3 Å². The van der Waals surface area contributed by atoms with E-state index in [0.717, 1.165) is 33.4 Å². The van der Waals surface area contributed by atoms with Gasteiger partial charge < -0.3 is 10.6 Å². The van der Waals surface area contributed by atoms with Gasteiger partial charge in [-0.3, -0.25) is 4.68 Å². The lowest BCUT2D eigenvalue weighted by Gasteiger charge is -2.08. The number of benzene rings is 1. The molecule has 136 valence electrons. The number of amides is 2. The number of nitrogens with zero attached hydrogens (tertiary/aromatic N) is 3. The maximum Gasteiger partial charge on any atom is 0.315 e. The minimum absolute atomic E-state index is 0.189. The van der Waals surface area contributed by atoms with Crippen molar-refractivity contribution in [2.45, 2.75) is 40.4 Å². The largest absolute Gasteiger partial charge is 0.334 e. The van der Waals surface area contributed by atoms with Crippen LogP contribution in [0.4, 0.5) is 4.79 Å². The SMILES string of the molecule is Cc1ncc(CNC(=O)NCc2c(C)nn(Cc3ccccc3)c2C)s1. The Bertz CT molecular complexity index is 885. The van der Waals surface area contributed by atoms with Crippen LogP contribution in [0.25, 0.3) is 0 Å². The molecule has 26 heavy (non-hydrogen) atoms. The molecule has 2 aromatic heterocycles. The van der Waals surface area contributed by atoms with Gasteiger partial charge in [-0.15, -0.1) is 11.3 Å². The molecule has 0 radical (unpaired) electrons. The first-order valence-corrected chi connectivity index (χ1v) is 9.34. The van der Waals surface area contributed by atoms with Crippen LogP contribution in [0, 0.1) is 20.8 Å². The van der Waals surface area contributed by atoms with Crippen molar-refractivity contribution < 1.29 is 4.79 Å². The Morgan fingerprint density at radius 2 is 1.85 bits per heavy atom. The molecule has 2 amide bonds. The molecule has 3 rings (SSSR count). The van der Waals surface area contributed by atoms with Gasteiger partial charge in [-0.25, -0.2) is 9.78 Å². The molecular formula is C19H23N5OS. The van der Waals surface area contributed by atoms with Gasteiger partial charge >= 0.3 is 6.03 Å². The molecule has 0 spiro atoms. The van der Waals surface area contributed by atoms with E-state index in [-0.39, 0.29) is 6.03 Å². The van der Waals surface area contributed by atoms with E-state index in [4.69, 9.17) is 0 Å². The lowest BCUT2D eigenvalue weighted by Crippen LogP contribution is -2.34. The monoisotopic (exact) mass is 369 g/mol. The normalized spacial score (nSPS) is 10.7. The summed E-state index contributed by atoms with van der Waals surface area (Å²) in [6, 6.07) is 10.0. The van der Waals surface area contributed by atoms with Crippen molar-refractivity contribution in [3.8, 4) is 0 Å². The molecule has 7 heteroatoms. The van der Waals surface area contributed by atoms with E-state index in [1.54, 1.807) is 17.5 Å². The highest BCUT2D eigenvalue weighted by Gasteiger charge is 2.13. The van der Waals surface area contributed by atoms with E-state index in [2.05, 4.69) is 32.8 Å². The molecule has 0 aliphatic rings. The topological polar surface area (TPSA) is 71.8 Å². The quantitative estimate of drug-likeness (QED) is 0.700. The maximum atomic E-state index is 12.1. The summed E-state index contributed by atoms with van der Waals surface area (Å²) in [5, 5.41) is 11.4. The first-order valence-electron chi connectivity index (χ1n) is 8.52. The zero-order chi connectivity index (χ0) is 18.5. The molecule has 0 atom stereocenters. The zero-order valence-corrected chi connectivity index (χ0v) is 16.1. The third-order valence-corrected chi connectivity index (χ3v) is 5.14. The van der Waals surface area contributed by atoms with Crippen LogP contribution < -0.4 is 10.6 Å². The van der Waals surface area contributed by atoms with Gasteiger partial charge in [0.15, 0.2) is 0 Å². The van der Waals surface area contributed by atoms with Crippen LogP contribution in [-0.2, 0) is 19.6 Å². The first-order chi connectivity index (χ1) is 12.5. The maximum absolute atomic E-state index is 12.1. The molecule has 0 aliphatic heterocycles. The van der Waals surface area contributed by atoms with Gasteiger partial charge in [0.2, 0.25) is 0 Å². The Kier molecular flexibility index (Phi) is 5.68. The summed E-state index contributed by atoms with van der Waals surface area (Å²) >= 11 is 1.59. The van der Waals surface area contributed by atoms with Gasteiger partial charge in [-0.05, 0) is 26.3 Å².